The minimum absolute atomic E-state index is 0.0104. The molecule has 2 rings (SSSR count). The van der Waals surface area contributed by atoms with Crippen LogP contribution in [0.5, 0.6) is 0 Å². The second-order valence-corrected chi connectivity index (χ2v) is 4.80. The van der Waals surface area contributed by atoms with Crippen molar-refractivity contribution in [1.82, 2.24) is 20.4 Å². The summed E-state index contributed by atoms with van der Waals surface area (Å²) < 4.78 is 1.80. The van der Waals surface area contributed by atoms with E-state index in [1.54, 1.807) is 17.1 Å². The Hall–Kier alpha value is -1.36. The molecule has 0 saturated carbocycles. The molecule has 0 aliphatic carbocycles. The number of aromatic nitrogens is 2. The van der Waals surface area contributed by atoms with Crippen LogP contribution in [0.2, 0.25) is 0 Å². The minimum atomic E-state index is -0.0104. The first kappa shape index (κ1) is 12.1. The van der Waals surface area contributed by atoms with Crippen molar-refractivity contribution in [1.29, 1.82) is 0 Å². The Morgan fingerprint density at radius 3 is 2.82 bits per heavy atom. The van der Waals surface area contributed by atoms with Gasteiger partial charge in [-0.05, 0) is 39.8 Å². The highest BCUT2D eigenvalue weighted by Crippen LogP contribution is 2.07. The fourth-order valence-electron chi connectivity index (χ4n) is 1.97. The maximum absolute atomic E-state index is 12.0. The van der Waals surface area contributed by atoms with E-state index >= 15 is 0 Å². The number of carbonyl (C=O) groups excluding carboxylic acids is 1. The monoisotopic (exact) mass is 236 g/mol. The predicted octanol–water partition coefficient (Wildman–Crippen LogP) is 0.946. The molecule has 5 heteroatoms. The third kappa shape index (κ3) is 3.06. The second kappa shape index (κ2) is 5.31. The maximum Gasteiger partial charge on any atom is 0.254 e. The molecule has 17 heavy (non-hydrogen) atoms. The smallest absolute Gasteiger partial charge is 0.254 e. The Bertz CT molecular complexity index is 380. The van der Waals surface area contributed by atoms with Gasteiger partial charge in [-0.3, -0.25) is 9.48 Å². The third-order valence-corrected chi connectivity index (χ3v) is 3.07. The second-order valence-electron chi connectivity index (χ2n) is 4.80. The molecule has 1 amide bonds. The van der Waals surface area contributed by atoms with Gasteiger partial charge in [0.05, 0.1) is 11.8 Å². The Morgan fingerprint density at radius 1 is 1.53 bits per heavy atom. The zero-order chi connectivity index (χ0) is 12.3. The molecule has 94 valence electrons. The van der Waals surface area contributed by atoms with Gasteiger partial charge in [0.25, 0.3) is 5.91 Å². The van der Waals surface area contributed by atoms with Crippen LogP contribution in [0.25, 0.3) is 0 Å². The normalized spacial score (nSPS) is 17.4. The van der Waals surface area contributed by atoms with Gasteiger partial charge in [-0.1, -0.05) is 0 Å². The summed E-state index contributed by atoms with van der Waals surface area (Å²) in [5.41, 5.74) is 0.650. The van der Waals surface area contributed by atoms with E-state index in [0.29, 0.717) is 11.6 Å². The van der Waals surface area contributed by atoms with Crippen LogP contribution in [0.15, 0.2) is 12.4 Å². The van der Waals surface area contributed by atoms with Crippen LogP contribution < -0.4 is 10.6 Å². The van der Waals surface area contributed by atoms with E-state index in [0.717, 1.165) is 25.9 Å². The first-order valence-corrected chi connectivity index (χ1v) is 6.22. The standard InChI is InChI=1S/C12H20N4O/c1-9(2)16-8-10(7-14-16)12(17)15-11-3-5-13-6-4-11/h7-9,11,13H,3-6H2,1-2H3,(H,15,17). The van der Waals surface area contributed by atoms with Gasteiger partial charge in [0, 0.05) is 18.3 Å². The van der Waals surface area contributed by atoms with Crippen molar-refractivity contribution in [3.8, 4) is 0 Å². The Balaban J connectivity index is 1.94. The van der Waals surface area contributed by atoms with E-state index < -0.39 is 0 Å². The SMILES string of the molecule is CC(C)n1cc(C(=O)NC2CCNCC2)cn1. The quantitative estimate of drug-likeness (QED) is 0.821. The summed E-state index contributed by atoms with van der Waals surface area (Å²) in [6.07, 6.45) is 5.45. The van der Waals surface area contributed by atoms with Crippen LogP contribution in [0, 0.1) is 0 Å². The summed E-state index contributed by atoms with van der Waals surface area (Å²) in [5.74, 6) is -0.0104. The van der Waals surface area contributed by atoms with Crippen LogP contribution in [0.4, 0.5) is 0 Å². The number of piperidine rings is 1. The van der Waals surface area contributed by atoms with Crippen LogP contribution in [0.3, 0.4) is 0 Å². The third-order valence-electron chi connectivity index (χ3n) is 3.07. The number of rotatable bonds is 3. The highest BCUT2D eigenvalue weighted by Gasteiger charge is 2.17. The van der Waals surface area contributed by atoms with Crippen LogP contribution in [-0.2, 0) is 0 Å². The van der Waals surface area contributed by atoms with Crippen LogP contribution in [-0.4, -0.2) is 34.8 Å². The summed E-state index contributed by atoms with van der Waals surface area (Å²) in [5, 5.41) is 10.5. The van der Waals surface area contributed by atoms with E-state index in [9.17, 15) is 4.79 Å². The molecule has 1 aromatic heterocycles. The van der Waals surface area contributed by atoms with Gasteiger partial charge in [-0.25, -0.2) is 0 Å². The average molecular weight is 236 g/mol. The summed E-state index contributed by atoms with van der Waals surface area (Å²) in [6, 6.07) is 0.585. The lowest BCUT2D eigenvalue weighted by Crippen LogP contribution is -2.42. The van der Waals surface area contributed by atoms with Crippen LogP contribution in [0.1, 0.15) is 43.1 Å². The first-order chi connectivity index (χ1) is 8.16. The number of hydrogen-bond acceptors (Lipinski definition) is 3. The van der Waals surface area contributed by atoms with Gasteiger partial charge in [-0.2, -0.15) is 5.10 Å². The number of nitrogens with zero attached hydrogens (tertiary/aromatic N) is 2. The highest BCUT2D eigenvalue weighted by molar-refractivity contribution is 5.93. The van der Waals surface area contributed by atoms with Crippen molar-refractivity contribution in [2.75, 3.05) is 13.1 Å². The molecule has 0 spiro atoms. The molecular weight excluding hydrogens is 216 g/mol. The fraction of sp³-hybridized carbons (Fsp3) is 0.667. The van der Waals surface area contributed by atoms with Crippen molar-refractivity contribution in [2.45, 2.75) is 38.8 Å². The number of amides is 1. The zero-order valence-electron chi connectivity index (χ0n) is 10.4. The van der Waals surface area contributed by atoms with Gasteiger partial charge in [0.15, 0.2) is 0 Å². The number of carbonyl (C=O) groups is 1. The van der Waals surface area contributed by atoms with Crippen molar-refractivity contribution >= 4 is 5.91 Å². The average Bonchev–Trinajstić information content (AvgIpc) is 2.79. The molecule has 1 saturated heterocycles. The molecule has 0 bridgehead atoms. The summed E-state index contributed by atoms with van der Waals surface area (Å²) in [4.78, 5) is 12.0. The lowest BCUT2D eigenvalue weighted by molar-refractivity contribution is 0.0929. The molecule has 1 fully saturated rings. The molecule has 0 unspecified atom stereocenters. The zero-order valence-corrected chi connectivity index (χ0v) is 10.4. The lowest BCUT2D eigenvalue weighted by atomic mass is 10.1. The summed E-state index contributed by atoms with van der Waals surface area (Å²) in [6.45, 7) is 6.05. The van der Waals surface area contributed by atoms with Gasteiger partial charge >= 0.3 is 0 Å². The van der Waals surface area contributed by atoms with Gasteiger partial charge < -0.3 is 10.6 Å². The number of hydrogen-bond donors (Lipinski definition) is 2. The Kier molecular flexibility index (Phi) is 3.78. The largest absolute Gasteiger partial charge is 0.349 e. The van der Waals surface area contributed by atoms with Gasteiger partial charge in [0.1, 0.15) is 0 Å². The lowest BCUT2D eigenvalue weighted by Gasteiger charge is -2.23. The van der Waals surface area contributed by atoms with Crippen LogP contribution >= 0.6 is 0 Å². The maximum atomic E-state index is 12.0. The van der Waals surface area contributed by atoms with E-state index in [1.165, 1.54) is 0 Å². The number of nitrogens with one attached hydrogen (secondary N) is 2. The van der Waals surface area contributed by atoms with E-state index in [1.807, 2.05) is 13.8 Å². The Labute approximate surface area is 102 Å². The molecule has 2 heterocycles. The minimum Gasteiger partial charge on any atom is -0.349 e. The van der Waals surface area contributed by atoms with E-state index in [4.69, 9.17) is 0 Å². The van der Waals surface area contributed by atoms with Crippen molar-refractivity contribution < 1.29 is 4.79 Å². The van der Waals surface area contributed by atoms with Crippen molar-refractivity contribution in [3.05, 3.63) is 18.0 Å². The molecule has 2 N–H and O–H groups in total. The molecule has 1 aliphatic rings. The Morgan fingerprint density at radius 2 is 2.24 bits per heavy atom. The van der Waals surface area contributed by atoms with Crippen molar-refractivity contribution in [3.63, 3.8) is 0 Å². The van der Waals surface area contributed by atoms with E-state index in [-0.39, 0.29) is 11.9 Å². The summed E-state index contributed by atoms with van der Waals surface area (Å²) in [7, 11) is 0. The van der Waals surface area contributed by atoms with Gasteiger partial charge in [0.2, 0.25) is 0 Å². The fourth-order valence-corrected chi connectivity index (χ4v) is 1.97. The first-order valence-electron chi connectivity index (χ1n) is 6.22. The van der Waals surface area contributed by atoms with E-state index in [2.05, 4.69) is 15.7 Å². The van der Waals surface area contributed by atoms with Gasteiger partial charge in [-0.15, -0.1) is 0 Å². The topological polar surface area (TPSA) is 59.0 Å². The molecule has 0 aromatic carbocycles. The predicted molar refractivity (Wildman–Crippen MR) is 66.0 cm³/mol. The molecule has 1 aliphatic heterocycles. The highest BCUT2D eigenvalue weighted by atomic mass is 16.1. The molecule has 1 aromatic rings. The molecular formula is C12H20N4O. The van der Waals surface area contributed by atoms with Crippen molar-refractivity contribution in [2.24, 2.45) is 0 Å². The molecule has 0 atom stereocenters. The summed E-state index contributed by atoms with van der Waals surface area (Å²) >= 11 is 0. The molecule has 5 nitrogen and oxygen atoms in total. The molecule has 0 radical (unpaired) electrons.